The van der Waals surface area contributed by atoms with Gasteiger partial charge in [0.05, 0.1) is 11.4 Å². The molecule has 1 N–H and O–H groups in total. The van der Waals surface area contributed by atoms with Crippen molar-refractivity contribution in [2.75, 3.05) is 5.32 Å². The molecular formula is C20H18FN3OS. The standard InChI is InChI=1S/C20H18FN3OS/c1-12-3-8-18(13(2)9-12)24-19(16-10-26-11-17(16)23-24)22-20(25)14-4-6-15(21)7-5-14/h3-9H,10-11H2,1-2H3,(H,22,25). The Kier molecular flexibility index (Phi) is 4.28. The number of thioether (sulfide) groups is 1. The van der Waals surface area contributed by atoms with Gasteiger partial charge in [-0.3, -0.25) is 4.79 Å². The lowest BCUT2D eigenvalue weighted by Crippen LogP contribution is -2.16. The number of amides is 1. The van der Waals surface area contributed by atoms with Crippen LogP contribution in [0.3, 0.4) is 0 Å². The van der Waals surface area contributed by atoms with E-state index in [4.69, 9.17) is 5.10 Å². The largest absolute Gasteiger partial charge is 0.306 e. The number of carbonyl (C=O) groups excluding carboxylic acids is 1. The van der Waals surface area contributed by atoms with E-state index < -0.39 is 0 Å². The highest BCUT2D eigenvalue weighted by Gasteiger charge is 2.25. The Morgan fingerprint density at radius 1 is 1.15 bits per heavy atom. The van der Waals surface area contributed by atoms with Crippen LogP contribution in [0, 0.1) is 19.7 Å². The van der Waals surface area contributed by atoms with Gasteiger partial charge in [-0.2, -0.15) is 16.9 Å². The molecule has 26 heavy (non-hydrogen) atoms. The maximum atomic E-state index is 13.1. The highest BCUT2D eigenvalue weighted by Crippen LogP contribution is 2.36. The molecule has 0 radical (unpaired) electrons. The van der Waals surface area contributed by atoms with E-state index in [1.807, 2.05) is 30.7 Å². The van der Waals surface area contributed by atoms with Gasteiger partial charge in [-0.25, -0.2) is 9.07 Å². The number of rotatable bonds is 3. The second-order valence-electron chi connectivity index (χ2n) is 6.43. The molecule has 1 aliphatic rings. The minimum atomic E-state index is -0.362. The molecule has 2 aromatic carbocycles. The van der Waals surface area contributed by atoms with Gasteiger partial charge in [-0.05, 0) is 49.7 Å². The van der Waals surface area contributed by atoms with E-state index in [1.54, 1.807) is 11.8 Å². The Hall–Kier alpha value is -2.60. The molecule has 6 heteroatoms. The van der Waals surface area contributed by atoms with Crippen LogP contribution in [0.2, 0.25) is 0 Å². The number of anilines is 1. The maximum absolute atomic E-state index is 13.1. The Balaban J connectivity index is 1.75. The summed E-state index contributed by atoms with van der Waals surface area (Å²) in [6.45, 7) is 4.09. The van der Waals surface area contributed by atoms with Gasteiger partial charge in [0.25, 0.3) is 5.91 Å². The van der Waals surface area contributed by atoms with Crippen molar-refractivity contribution in [2.45, 2.75) is 25.4 Å². The Bertz CT molecular complexity index is 995. The molecule has 1 amide bonds. The van der Waals surface area contributed by atoms with Gasteiger partial charge in [-0.15, -0.1) is 0 Å². The molecule has 1 aliphatic heterocycles. The number of halogens is 1. The number of fused-ring (bicyclic) bond motifs is 1. The molecular weight excluding hydrogens is 349 g/mol. The number of hydrogen-bond donors (Lipinski definition) is 1. The summed E-state index contributed by atoms with van der Waals surface area (Å²) in [6, 6.07) is 11.7. The SMILES string of the molecule is Cc1ccc(-n2nc3c(c2NC(=O)c2ccc(F)cc2)CSC3)c(C)c1. The van der Waals surface area contributed by atoms with E-state index in [0.717, 1.165) is 34.0 Å². The fourth-order valence-corrected chi connectivity index (χ4v) is 4.17. The summed E-state index contributed by atoms with van der Waals surface area (Å²) < 4.78 is 14.9. The minimum Gasteiger partial charge on any atom is -0.306 e. The number of benzene rings is 2. The molecule has 0 atom stereocenters. The quantitative estimate of drug-likeness (QED) is 0.734. The monoisotopic (exact) mass is 367 g/mol. The first kappa shape index (κ1) is 16.8. The minimum absolute atomic E-state index is 0.268. The molecule has 0 spiro atoms. The van der Waals surface area contributed by atoms with Gasteiger partial charge in [0.1, 0.15) is 11.6 Å². The molecule has 2 heterocycles. The predicted molar refractivity (Wildman–Crippen MR) is 102 cm³/mol. The van der Waals surface area contributed by atoms with Crippen molar-refractivity contribution in [3.8, 4) is 5.69 Å². The molecule has 3 aromatic rings. The third-order valence-corrected chi connectivity index (χ3v) is 5.44. The highest BCUT2D eigenvalue weighted by atomic mass is 32.2. The van der Waals surface area contributed by atoms with Crippen molar-refractivity contribution in [3.05, 3.63) is 76.2 Å². The molecule has 0 fully saturated rings. The number of nitrogens with one attached hydrogen (secondary N) is 1. The molecule has 0 saturated heterocycles. The molecule has 4 rings (SSSR count). The van der Waals surface area contributed by atoms with Crippen LogP contribution in [-0.2, 0) is 11.5 Å². The van der Waals surface area contributed by atoms with Crippen molar-refractivity contribution in [2.24, 2.45) is 0 Å². The summed E-state index contributed by atoms with van der Waals surface area (Å²) >= 11 is 1.78. The van der Waals surface area contributed by atoms with Crippen LogP contribution in [0.4, 0.5) is 10.2 Å². The average molecular weight is 367 g/mol. The van der Waals surface area contributed by atoms with E-state index in [-0.39, 0.29) is 11.7 Å². The summed E-state index contributed by atoms with van der Waals surface area (Å²) in [5, 5.41) is 7.73. The lowest BCUT2D eigenvalue weighted by molar-refractivity contribution is 0.102. The smallest absolute Gasteiger partial charge is 0.256 e. The van der Waals surface area contributed by atoms with Gasteiger partial charge >= 0.3 is 0 Å². The summed E-state index contributed by atoms with van der Waals surface area (Å²) in [6.07, 6.45) is 0. The highest BCUT2D eigenvalue weighted by molar-refractivity contribution is 7.98. The average Bonchev–Trinajstić information content (AvgIpc) is 3.18. The first-order valence-corrected chi connectivity index (χ1v) is 9.51. The van der Waals surface area contributed by atoms with E-state index in [1.165, 1.54) is 29.8 Å². The first-order valence-electron chi connectivity index (χ1n) is 8.36. The van der Waals surface area contributed by atoms with Crippen LogP contribution < -0.4 is 5.32 Å². The molecule has 132 valence electrons. The fraction of sp³-hybridized carbons (Fsp3) is 0.200. The fourth-order valence-electron chi connectivity index (χ4n) is 3.14. The van der Waals surface area contributed by atoms with Crippen molar-refractivity contribution >= 4 is 23.5 Å². The van der Waals surface area contributed by atoms with Gasteiger partial charge in [0.15, 0.2) is 0 Å². The number of aryl methyl sites for hydroxylation is 2. The van der Waals surface area contributed by atoms with Crippen molar-refractivity contribution in [3.63, 3.8) is 0 Å². The maximum Gasteiger partial charge on any atom is 0.256 e. The van der Waals surface area contributed by atoms with Crippen molar-refractivity contribution in [1.82, 2.24) is 9.78 Å². The number of nitrogens with zero attached hydrogens (tertiary/aromatic N) is 2. The van der Waals surface area contributed by atoms with Crippen LogP contribution in [0.1, 0.15) is 32.7 Å². The van der Waals surface area contributed by atoms with Crippen molar-refractivity contribution in [1.29, 1.82) is 0 Å². The predicted octanol–water partition coefficient (Wildman–Crippen LogP) is 4.63. The van der Waals surface area contributed by atoms with E-state index >= 15 is 0 Å². The summed E-state index contributed by atoms with van der Waals surface area (Å²) in [7, 11) is 0. The van der Waals surface area contributed by atoms with Crippen LogP contribution >= 0.6 is 11.8 Å². The van der Waals surface area contributed by atoms with Crippen molar-refractivity contribution < 1.29 is 9.18 Å². The zero-order valence-corrected chi connectivity index (χ0v) is 15.4. The Morgan fingerprint density at radius 2 is 1.92 bits per heavy atom. The molecule has 1 aromatic heterocycles. The topological polar surface area (TPSA) is 46.9 Å². The van der Waals surface area contributed by atoms with Gasteiger partial charge < -0.3 is 5.32 Å². The zero-order valence-electron chi connectivity index (χ0n) is 14.5. The summed E-state index contributed by atoms with van der Waals surface area (Å²) in [4.78, 5) is 12.7. The van der Waals surface area contributed by atoms with E-state index in [2.05, 4.69) is 11.4 Å². The van der Waals surface area contributed by atoms with E-state index in [0.29, 0.717) is 11.4 Å². The van der Waals surface area contributed by atoms with Crippen LogP contribution in [0.5, 0.6) is 0 Å². The Morgan fingerprint density at radius 3 is 2.65 bits per heavy atom. The van der Waals surface area contributed by atoms with Gasteiger partial charge in [-0.1, -0.05) is 17.7 Å². The third-order valence-electron chi connectivity index (χ3n) is 4.47. The van der Waals surface area contributed by atoms with Gasteiger partial charge in [0.2, 0.25) is 0 Å². The normalized spacial score (nSPS) is 12.9. The second kappa shape index (κ2) is 6.61. The lowest BCUT2D eigenvalue weighted by atomic mass is 10.1. The number of carbonyl (C=O) groups is 1. The second-order valence-corrected chi connectivity index (χ2v) is 7.42. The molecule has 4 nitrogen and oxygen atoms in total. The molecule has 0 aliphatic carbocycles. The van der Waals surface area contributed by atoms with E-state index in [9.17, 15) is 9.18 Å². The van der Waals surface area contributed by atoms with Gasteiger partial charge in [0, 0.05) is 22.6 Å². The van der Waals surface area contributed by atoms with Crippen LogP contribution in [-0.4, -0.2) is 15.7 Å². The number of aromatic nitrogens is 2. The summed E-state index contributed by atoms with van der Waals surface area (Å²) in [5.41, 5.74) is 5.70. The molecule has 0 saturated carbocycles. The van der Waals surface area contributed by atoms with Crippen LogP contribution in [0.25, 0.3) is 5.69 Å². The third kappa shape index (κ3) is 3.01. The Labute approximate surface area is 155 Å². The van der Waals surface area contributed by atoms with Crippen LogP contribution in [0.15, 0.2) is 42.5 Å². The zero-order chi connectivity index (χ0) is 18.3. The number of hydrogen-bond acceptors (Lipinski definition) is 3. The lowest BCUT2D eigenvalue weighted by Gasteiger charge is -2.13. The molecule has 0 unspecified atom stereocenters. The summed E-state index contributed by atoms with van der Waals surface area (Å²) in [5.74, 6) is 1.73. The first-order chi connectivity index (χ1) is 12.5. The molecule has 0 bridgehead atoms.